The summed E-state index contributed by atoms with van der Waals surface area (Å²) >= 11 is 0. The molecule has 24 heavy (non-hydrogen) atoms. The van der Waals surface area contributed by atoms with E-state index in [4.69, 9.17) is 4.98 Å². The van der Waals surface area contributed by atoms with Crippen molar-refractivity contribution in [2.45, 2.75) is 50.7 Å². The van der Waals surface area contributed by atoms with Crippen molar-refractivity contribution in [2.24, 2.45) is 0 Å². The Labute approximate surface area is 144 Å². The molecule has 0 bridgehead atoms. The molecule has 3 aliphatic rings. The lowest BCUT2D eigenvalue weighted by atomic mass is 9.94. The first-order valence-corrected chi connectivity index (χ1v) is 9.44. The summed E-state index contributed by atoms with van der Waals surface area (Å²) in [7, 11) is 0. The Bertz CT molecular complexity index is 569. The summed E-state index contributed by atoms with van der Waals surface area (Å²) in [5, 5.41) is 14.0. The zero-order valence-electron chi connectivity index (χ0n) is 14.6. The molecule has 0 amide bonds. The third-order valence-corrected chi connectivity index (χ3v) is 5.79. The van der Waals surface area contributed by atoms with Crippen molar-refractivity contribution < 1.29 is 5.11 Å². The lowest BCUT2D eigenvalue weighted by Crippen LogP contribution is -2.41. The number of aromatic nitrogens is 2. The summed E-state index contributed by atoms with van der Waals surface area (Å²) < 4.78 is 0. The number of aryl methyl sites for hydroxylation is 1. The Balaban J connectivity index is 1.52. The van der Waals surface area contributed by atoms with E-state index in [1.807, 2.05) is 6.92 Å². The molecule has 0 spiro atoms. The summed E-state index contributed by atoms with van der Waals surface area (Å²) in [6.07, 6.45) is 4.54. The molecule has 3 fully saturated rings. The molecule has 2 atom stereocenters. The average Bonchev–Trinajstić information content (AvgIpc) is 3.24. The zero-order valence-corrected chi connectivity index (χ0v) is 14.6. The Morgan fingerprint density at radius 1 is 1.12 bits per heavy atom. The quantitative estimate of drug-likeness (QED) is 0.858. The van der Waals surface area contributed by atoms with Gasteiger partial charge in [-0.15, -0.1) is 0 Å². The minimum Gasteiger partial charge on any atom is -0.390 e. The van der Waals surface area contributed by atoms with Crippen LogP contribution >= 0.6 is 0 Å². The van der Waals surface area contributed by atoms with Crippen molar-refractivity contribution in [1.29, 1.82) is 0 Å². The molecule has 132 valence electrons. The number of aliphatic hydroxyl groups is 1. The molecule has 3 saturated heterocycles. The normalized spacial score (nSPS) is 29.5. The third-order valence-electron chi connectivity index (χ3n) is 5.79. The highest BCUT2D eigenvalue weighted by Crippen LogP contribution is 2.29. The standard InChI is InChI=1S/C18H29N5O/c1-13-20-15(14-4-6-19-7-5-14)10-18(21-13)23-11-16(17(24)12-23)22-8-2-3-9-22/h10,14,16-17,19,24H,2-9,11-12H2,1H3/t16-,17-/m1/s1. The first-order valence-electron chi connectivity index (χ1n) is 9.44. The number of anilines is 1. The monoisotopic (exact) mass is 331 g/mol. The largest absolute Gasteiger partial charge is 0.390 e. The Morgan fingerprint density at radius 3 is 2.62 bits per heavy atom. The number of hydrogen-bond donors (Lipinski definition) is 2. The minimum absolute atomic E-state index is 0.255. The van der Waals surface area contributed by atoms with Crippen LogP contribution in [-0.2, 0) is 0 Å². The fraction of sp³-hybridized carbons (Fsp3) is 0.778. The summed E-state index contributed by atoms with van der Waals surface area (Å²) in [5.74, 6) is 2.38. The number of nitrogens with one attached hydrogen (secondary N) is 1. The number of hydrogen-bond acceptors (Lipinski definition) is 6. The molecule has 0 aliphatic carbocycles. The van der Waals surface area contributed by atoms with E-state index in [2.05, 4.69) is 26.2 Å². The van der Waals surface area contributed by atoms with Crippen LogP contribution < -0.4 is 10.2 Å². The van der Waals surface area contributed by atoms with Gasteiger partial charge in [-0.05, 0) is 58.8 Å². The fourth-order valence-corrected chi connectivity index (χ4v) is 4.45. The Morgan fingerprint density at radius 2 is 1.88 bits per heavy atom. The second kappa shape index (κ2) is 6.94. The minimum atomic E-state index is -0.277. The summed E-state index contributed by atoms with van der Waals surface area (Å²) in [6, 6.07) is 2.42. The predicted molar refractivity (Wildman–Crippen MR) is 94.4 cm³/mol. The molecular weight excluding hydrogens is 302 g/mol. The van der Waals surface area contributed by atoms with Gasteiger partial charge in [0.1, 0.15) is 11.6 Å². The summed E-state index contributed by atoms with van der Waals surface area (Å²) in [4.78, 5) is 14.1. The molecule has 3 aliphatic heterocycles. The molecular formula is C18H29N5O. The van der Waals surface area contributed by atoms with Gasteiger partial charge < -0.3 is 15.3 Å². The van der Waals surface area contributed by atoms with Crippen LogP contribution in [0.1, 0.15) is 43.1 Å². The molecule has 6 nitrogen and oxygen atoms in total. The molecule has 0 unspecified atom stereocenters. The number of aliphatic hydroxyl groups excluding tert-OH is 1. The smallest absolute Gasteiger partial charge is 0.132 e. The van der Waals surface area contributed by atoms with Gasteiger partial charge in [-0.25, -0.2) is 9.97 Å². The molecule has 1 aromatic heterocycles. The SMILES string of the molecule is Cc1nc(C2CCNCC2)cc(N2C[C@@H](O)[C@H](N3CCCC3)C2)n1. The number of piperidine rings is 1. The highest BCUT2D eigenvalue weighted by atomic mass is 16.3. The number of β-amino-alcohol motifs (C(OH)–C–C–N with tert-alkyl or cyclic N) is 1. The van der Waals surface area contributed by atoms with Gasteiger partial charge in [-0.1, -0.05) is 0 Å². The first kappa shape index (κ1) is 16.2. The highest BCUT2D eigenvalue weighted by molar-refractivity contribution is 5.43. The molecule has 4 heterocycles. The lowest BCUT2D eigenvalue weighted by molar-refractivity contribution is 0.0986. The molecule has 0 radical (unpaired) electrons. The van der Waals surface area contributed by atoms with Crippen LogP contribution in [-0.4, -0.2) is 71.4 Å². The maximum atomic E-state index is 10.5. The third kappa shape index (κ3) is 3.27. The van der Waals surface area contributed by atoms with Gasteiger partial charge in [0, 0.05) is 30.8 Å². The first-order chi connectivity index (χ1) is 11.7. The molecule has 6 heteroatoms. The average molecular weight is 331 g/mol. The van der Waals surface area contributed by atoms with E-state index >= 15 is 0 Å². The van der Waals surface area contributed by atoms with Crippen molar-refractivity contribution in [3.63, 3.8) is 0 Å². The maximum absolute atomic E-state index is 10.5. The van der Waals surface area contributed by atoms with Gasteiger partial charge >= 0.3 is 0 Å². The van der Waals surface area contributed by atoms with E-state index in [-0.39, 0.29) is 12.1 Å². The van der Waals surface area contributed by atoms with E-state index in [0.29, 0.717) is 12.5 Å². The number of rotatable bonds is 3. The molecule has 0 aromatic carbocycles. The second-order valence-corrected chi connectivity index (χ2v) is 7.51. The molecule has 1 aromatic rings. The van der Waals surface area contributed by atoms with Gasteiger partial charge in [0.05, 0.1) is 12.1 Å². The van der Waals surface area contributed by atoms with Crippen LogP contribution in [0.15, 0.2) is 6.07 Å². The van der Waals surface area contributed by atoms with Crippen LogP contribution in [0.3, 0.4) is 0 Å². The van der Waals surface area contributed by atoms with Gasteiger partial charge in [-0.3, -0.25) is 4.90 Å². The molecule has 0 saturated carbocycles. The van der Waals surface area contributed by atoms with Crippen molar-refractivity contribution in [3.8, 4) is 0 Å². The van der Waals surface area contributed by atoms with Crippen molar-refractivity contribution in [1.82, 2.24) is 20.2 Å². The van der Waals surface area contributed by atoms with E-state index in [1.54, 1.807) is 0 Å². The number of nitrogens with zero attached hydrogens (tertiary/aromatic N) is 4. The predicted octanol–water partition coefficient (Wildman–Crippen LogP) is 0.897. The molecule has 2 N–H and O–H groups in total. The number of likely N-dealkylation sites (tertiary alicyclic amines) is 1. The highest BCUT2D eigenvalue weighted by Gasteiger charge is 2.37. The van der Waals surface area contributed by atoms with E-state index in [0.717, 1.165) is 57.2 Å². The van der Waals surface area contributed by atoms with Crippen LogP contribution in [0, 0.1) is 6.92 Å². The maximum Gasteiger partial charge on any atom is 0.132 e. The van der Waals surface area contributed by atoms with Gasteiger partial charge in [0.2, 0.25) is 0 Å². The van der Waals surface area contributed by atoms with E-state index < -0.39 is 0 Å². The van der Waals surface area contributed by atoms with Crippen molar-refractivity contribution >= 4 is 5.82 Å². The van der Waals surface area contributed by atoms with Gasteiger partial charge in [-0.2, -0.15) is 0 Å². The topological polar surface area (TPSA) is 64.5 Å². The second-order valence-electron chi connectivity index (χ2n) is 7.51. The van der Waals surface area contributed by atoms with Crippen molar-refractivity contribution in [2.75, 3.05) is 44.2 Å². The van der Waals surface area contributed by atoms with Crippen LogP contribution in [0.25, 0.3) is 0 Å². The summed E-state index contributed by atoms with van der Waals surface area (Å²) in [5.41, 5.74) is 1.18. The van der Waals surface area contributed by atoms with Gasteiger partial charge in [0.15, 0.2) is 0 Å². The Kier molecular flexibility index (Phi) is 4.70. The van der Waals surface area contributed by atoms with Crippen molar-refractivity contribution in [3.05, 3.63) is 17.6 Å². The Hall–Kier alpha value is -1.24. The van der Waals surface area contributed by atoms with Gasteiger partial charge in [0.25, 0.3) is 0 Å². The lowest BCUT2D eigenvalue weighted by Gasteiger charge is -2.26. The van der Waals surface area contributed by atoms with Crippen LogP contribution in [0.5, 0.6) is 0 Å². The van der Waals surface area contributed by atoms with E-state index in [1.165, 1.54) is 18.5 Å². The van der Waals surface area contributed by atoms with Crippen LogP contribution in [0.4, 0.5) is 5.82 Å². The molecule has 4 rings (SSSR count). The van der Waals surface area contributed by atoms with E-state index in [9.17, 15) is 5.11 Å². The zero-order chi connectivity index (χ0) is 16.5. The summed E-state index contributed by atoms with van der Waals surface area (Å²) in [6.45, 7) is 7.94. The van der Waals surface area contributed by atoms with Crippen LogP contribution in [0.2, 0.25) is 0 Å². The fourth-order valence-electron chi connectivity index (χ4n) is 4.45.